The number of pyridine rings is 1. The van der Waals surface area contributed by atoms with Crippen LogP contribution >= 0.6 is 31.9 Å². The molecule has 17 heavy (non-hydrogen) atoms. The molecule has 0 radical (unpaired) electrons. The summed E-state index contributed by atoms with van der Waals surface area (Å²) in [5.74, 6) is 1.04. The normalized spacial score (nSPS) is 20.6. The molecular weight excluding hydrogens is 346 g/mol. The smallest absolute Gasteiger partial charge is 0.143 e. The Labute approximate surface area is 119 Å². The molecule has 0 aliphatic carbocycles. The Hall–Kier alpha value is -0.130. The number of halogens is 2. The fourth-order valence-corrected chi connectivity index (χ4v) is 3.30. The molecule has 2 heterocycles. The van der Waals surface area contributed by atoms with Gasteiger partial charge in [0.1, 0.15) is 5.82 Å². The highest BCUT2D eigenvalue weighted by Gasteiger charge is 2.32. The number of nitrogens with zero attached hydrogens (tertiary/aromatic N) is 3. The van der Waals surface area contributed by atoms with E-state index < -0.39 is 0 Å². The third kappa shape index (κ3) is 2.83. The molecule has 0 amide bonds. The Morgan fingerprint density at radius 3 is 2.59 bits per heavy atom. The summed E-state index contributed by atoms with van der Waals surface area (Å²) in [6.45, 7) is 7.62. The van der Waals surface area contributed by atoms with Crippen molar-refractivity contribution in [2.24, 2.45) is 0 Å². The van der Waals surface area contributed by atoms with Gasteiger partial charge in [-0.15, -0.1) is 0 Å². The highest BCUT2D eigenvalue weighted by atomic mass is 79.9. The molecule has 0 N–H and O–H groups in total. The lowest BCUT2D eigenvalue weighted by atomic mass is 10.00. The van der Waals surface area contributed by atoms with E-state index in [2.05, 4.69) is 67.5 Å². The molecule has 0 aromatic carbocycles. The van der Waals surface area contributed by atoms with Crippen LogP contribution in [0.25, 0.3) is 0 Å². The number of likely N-dealkylation sites (N-methyl/N-ethyl adjacent to an activating group) is 1. The second-order valence-electron chi connectivity index (χ2n) is 5.11. The molecule has 1 aliphatic rings. The van der Waals surface area contributed by atoms with Crippen LogP contribution in [0, 0.1) is 0 Å². The van der Waals surface area contributed by atoms with Gasteiger partial charge in [0, 0.05) is 35.8 Å². The molecule has 1 aromatic heterocycles. The van der Waals surface area contributed by atoms with Crippen LogP contribution in [0.2, 0.25) is 0 Å². The maximum atomic E-state index is 4.51. The van der Waals surface area contributed by atoms with Crippen LogP contribution in [-0.4, -0.2) is 42.1 Å². The lowest BCUT2D eigenvalue weighted by Gasteiger charge is -2.46. The van der Waals surface area contributed by atoms with Gasteiger partial charge in [0.25, 0.3) is 0 Å². The Morgan fingerprint density at radius 1 is 1.29 bits per heavy atom. The largest absolute Gasteiger partial charge is 0.353 e. The molecule has 1 aliphatic heterocycles. The summed E-state index contributed by atoms with van der Waals surface area (Å²) in [7, 11) is 2.18. The van der Waals surface area contributed by atoms with Crippen molar-refractivity contribution in [3.63, 3.8) is 0 Å². The van der Waals surface area contributed by atoms with Gasteiger partial charge in [-0.2, -0.15) is 0 Å². The summed E-state index contributed by atoms with van der Waals surface area (Å²) in [4.78, 5) is 9.25. The molecule has 1 fully saturated rings. The first-order chi connectivity index (χ1) is 7.90. The van der Waals surface area contributed by atoms with Gasteiger partial charge in [-0.05, 0) is 58.8 Å². The molecular formula is C12H17Br2N3. The lowest BCUT2D eigenvalue weighted by molar-refractivity contribution is 0.138. The highest BCUT2D eigenvalue weighted by Crippen LogP contribution is 2.30. The first kappa shape index (κ1) is 13.3. The van der Waals surface area contributed by atoms with Gasteiger partial charge in [0.05, 0.1) is 4.47 Å². The number of aromatic nitrogens is 1. The minimum Gasteiger partial charge on any atom is -0.353 e. The van der Waals surface area contributed by atoms with Crippen molar-refractivity contribution in [2.75, 3.05) is 31.6 Å². The van der Waals surface area contributed by atoms with Crippen molar-refractivity contribution in [3.05, 3.63) is 21.2 Å². The monoisotopic (exact) mass is 361 g/mol. The fraction of sp³-hybridized carbons (Fsp3) is 0.583. The first-order valence-electron chi connectivity index (χ1n) is 5.67. The Bertz CT molecular complexity index is 420. The fourth-order valence-electron chi connectivity index (χ4n) is 2.06. The molecule has 0 saturated carbocycles. The molecule has 0 bridgehead atoms. The minimum atomic E-state index is 0.187. The van der Waals surface area contributed by atoms with E-state index in [9.17, 15) is 0 Å². The van der Waals surface area contributed by atoms with Gasteiger partial charge in [0.2, 0.25) is 0 Å². The molecule has 0 spiro atoms. The summed E-state index contributed by atoms with van der Waals surface area (Å²) in [6, 6.07) is 2.05. The standard InChI is InChI=1S/C12H17Br2N3/c1-12(2)8-17(5-4-16(12)3)11-10(14)6-9(13)7-15-11/h6-7H,4-5,8H2,1-3H3. The second-order valence-corrected chi connectivity index (χ2v) is 6.88. The SMILES string of the molecule is CN1CCN(c2ncc(Br)cc2Br)CC1(C)C. The number of hydrogen-bond donors (Lipinski definition) is 0. The lowest BCUT2D eigenvalue weighted by Crippen LogP contribution is -2.58. The molecule has 0 unspecified atom stereocenters. The van der Waals surface area contributed by atoms with Crippen molar-refractivity contribution in [1.29, 1.82) is 0 Å². The van der Waals surface area contributed by atoms with E-state index in [0.717, 1.165) is 34.4 Å². The van der Waals surface area contributed by atoms with Crippen LogP contribution in [0.3, 0.4) is 0 Å². The van der Waals surface area contributed by atoms with Gasteiger partial charge in [-0.25, -0.2) is 4.98 Å². The van der Waals surface area contributed by atoms with Crippen molar-refractivity contribution >= 4 is 37.7 Å². The minimum absolute atomic E-state index is 0.187. The maximum Gasteiger partial charge on any atom is 0.143 e. The molecule has 2 rings (SSSR count). The molecule has 1 saturated heterocycles. The average molecular weight is 363 g/mol. The van der Waals surface area contributed by atoms with Crippen LogP contribution in [0.1, 0.15) is 13.8 Å². The summed E-state index contributed by atoms with van der Waals surface area (Å²) < 4.78 is 2.05. The summed E-state index contributed by atoms with van der Waals surface area (Å²) in [6.07, 6.45) is 1.85. The van der Waals surface area contributed by atoms with Crippen molar-refractivity contribution < 1.29 is 0 Å². The third-order valence-corrected chi connectivity index (χ3v) is 4.42. The van der Waals surface area contributed by atoms with Crippen molar-refractivity contribution in [1.82, 2.24) is 9.88 Å². The van der Waals surface area contributed by atoms with Gasteiger partial charge in [0.15, 0.2) is 0 Å². The zero-order valence-electron chi connectivity index (χ0n) is 10.4. The van der Waals surface area contributed by atoms with Gasteiger partial charge in [-0.3, -0.25) is 4.90 Å². The quantitative estimate of drug-likeness (QED) is 0.765. The van der Waals surface area contributed by atoms with Crippen LogP contribution in [-0.2, 0) is 0 Å². The molecule has 0 atom stereocenters. The zero-order valence-corrected chi connectivity index (χ0v) is 13.5. The summed E-state index contributed by atoms with van der Waals surface area (Å²) in [5, 5.41) is 0. The number of piperazine rings is 1. The van der Waals surface area contributed by atoms with Gasteiger partial charge < -0.3 is 4.90 Å². The Kier molecular flexibility index (Phi) is 3.80. The predicted molar refractivity (Wildman–Crippen MR) is 78.6 cm³/mol. The topological polar surface area (TPSA) is 19.4 Å². The molecule has 3 nitrogen and oxygen atoms in total. The number of hydrogen-bond acceptors (Lipinski definition) is 3. The van der Waals surface area contributed by atoms with E-state index >= 15 is 0 Å². The summed E-state index contributed by atoms with van der Waals surface area (Å²) >= 11 is 7.02. The third-order valence-electron chi connectivity index (χ3n) is 3.40. The number of rotatable bonds is 1. The molecule has 1 aromatic rings. The number of anilines is 1. The van der Waals surface area contributed by atoms with E-state index in [-0.39, 0.29) is 5.54 Å². The van der Waals surface area contributed by atoms with Crippen LogP contribution in [0.4, 0.5) is 5.82 Å². The van der Waals surface area contributed by atoms with Crippen LogP contribution in [0.15, 0.2) is 21.2 Å². The predicted octanol–water partition coefficient (Wildman–Crippen LogP) is 3.14. The Morgan fingerprint density at radius 2 is 2.00 bits per heavy atom. The maximum absolute atomic E-state index is 4.51. The first-order valence-corrected chi connectivity index (χ1v) is 7.26. The van der Waals surface area contributed by atoms with E-state index in [1.165, 1.54) is 0 Å². The van der Waals surface area contributed by atoms with E-state index in [1.807, 2.05) is 12.3 Å². The Balaban J connectivity index is 2.24. The zero-order chi connectivity index (χ0) is 12.6. The average Bonchev–Trinajstić information content (AvgIpc) is 2.22. The highest BCUT2D eigenvalue weighted by molar-refractivity contribution is 9.11. The van der Waals surface area contributed by atoms with E-state index in [0.29, 0.717) is 0 Å². The molecule has 5 heteroatoms. The van der Waals surface area contributed by atoms with Gasteiger partial charge >= 0.3 is 0 Å². The van der Waals surface area contributed by atoms with E-state index in [4.69, 9.17) is 0 Å². The van der Waals surface area contributed by atoms with Crippen molar-refractivity contribution in [3.8, 4) is 0 Å². The summed E-state index contributed by atoms with van der Waals surface area (Å²) in [5.41, 5.74) is 0.187. The van der Waals surface area contributed by atoms with Crippen LogP contribution < -0.4 is 4.90 Å². The van der Waals surface area contributed by atoms with Crippen molar-refractivity contribution in [2.45, 2.75) is 19.4 Å². The van der Waals surface area contributed by atoms with E-state index in [1.54, 1.807) is 0 Å². The van der Waals surface area contributed by atoms with Gasteiger partial charge in [-0.1, -0.05) is 0 Å². The van der Waals surface area contributed by atoms with Crippen LogP contribution in [0.5, 0.6) is 0 Å². The molecule has 94 valence electrons. The second kappa shape index (κ2) is 4.86.